The Morgan fingerprint density at radius 2 is 1.44 bits per heavy atom. The zero-order valence-corrected chi connectivity index (χ0v) is 18.5. The number of phosphoric ester groups is 1. The molecule has 27 heavy (non-hydrogen) atoms. The number of hydrogen-bond acceptors (Lipinski definition) is 4. The molecular weight excluding hydrogens is 369 g/mol. The predicted molar refractivity (Wildman–Crippen MR) is 106 cm³/mol. The number of phosphoric acid groups is 1. The summed E-state index contributed by atoms with van der Waals surface area (Å²) in [5.74, 6) is 0. The molecule has 0 aromatic rings. The second-order valence-corrected chi connectivity index (χ2v) is 9.28. The predicted octanol–water partition coefficient (Wildman–Crippen LogP) is 2.84. The molecule has 0 saturated heterocycles. The molecule has 0 aliphatic carbocycles. The molecule has 0 saturated carbocycles. The van der Waals surface area contributed by atoms with Crippen LogP contribution in [0.5, 0.6) is 0 Å². The zero-order valence-electron chi connectivity index (χ0n) is 17.6. The molecule has 8 heteroatoms. The lowest BCUT2D eigenvalue weighted by Gasteiger charge is -2.36. The van der Waals surface area contributed by atoms with Gasteiger partial charge in [0.2, 0.25) is 0 Å². The van der Waals surface area contributed by atoms with Gasteiger partial charge in [-0.3, -0.25) is 4.52 Å². The summed E-state index contributed by atoms with van der Waals surface area (Å²) in [6, 6.07) is 0. The molecule has 2 N–H and O–H groups in total. The third-order valence-corrected chi connectivity index (χ3v) is 5.12. The minimum Gasteiger partial charge on any atom is -0.846 e. The highest BCUT2D eigenvalue weighted by Gasteiger charge is 2.20. The normalized spacial score (nSPS) is 13.9. The third-order valence-electron chi connectivity index (χ3n) is 4.60. The maximum Gasteiger partial charge on any atom is 0.469 e. The summed E-state index contributed by atoms with van der Waals surface area (Å²) < 4.78 is 20.9. The fourth-order valence-corrected chi connectivity index (χ4v) is 3.33. The highest BCUT2D eigenvalue weighted by atomic mass is 31.2. The second kappa shape index (κ2) is 15.9. The van der Waals surface area contributed by atoms with Crippen LogP contribution in [0.25, 0.3) is 0 Å². The molecule has 0 fully saturated rings. The van der Waals surface area contributed by atoms with E-state index in [9.17, 15) is 9.67 Å². The summed E-state index contributed by atoms with van der Waals surface area (Å²) in [6.07, 6.45) is 11.9. The summed E-state index contributed by atoms with van der Waals surface area (Å²) in [7, 11) is -0.755. The van der Waals surface area contributed by atoms with Gasteiger partial charge < -0.3 is 24.1 Å². The molecule has 0 bridgehead atoms. The van der Waals surface area contributed by atoms with Crippen molar-refractivity contribution < 1.29 is 33.2 Å². The molecule has 164 valence electrons. The van der Waals surface area contributed by atoms with E-state index in [-0.39, 0.29) is 13.2 Å². The van der Waals surface area contributed by atoms with E-state index in [1.807, 2.05) is 14.1 Å². The molecule has 0 amide bonds. The molecule has 0 aliphatic rings. The Labute approximate surface area is 165 Å². The van der Waals surface area contributed by atoms with Crippen LogP contribution in [0.2, 0.25) is 0 Å². The highest BCUT2D eigenvalue weighted by Crippen LogP contribution is 2.35. The molecule has 0 radical (unpaired) electrons. The first kappa shape index (κ1) is 27.0. The number of quaternary nitrogens is 1. The van der Waals surface area contributed by atoms with Gasteiger partial charge in [-0.1, -0.05) is 70.8 Å². The number of rotatable bonds is 19. The van der Waals surface area contributed by atoms with Crippen molar-refractivity contribution in [3.63, 3.8) is 0 Å². The first-order chi connectivity index (χ1) is 12.7. The van der Waals surface area contributed by atoms with Crippen LogP contribution in [-0.2, 0) is 13.8 Å². The molecule has 0 aromatic carbocycles. The first-order valence-corrected chi connectivity index (χ1v) is 11.9. The van der Waals surface area contributed by atoms with Crippen molar-refractivity contribution in [2.24, 2.45) is 0 Å². The van der Waals surface area contributed by atoms with Crippen LogP contribution in [0.4, 0.5) is 0 Å². The summed E-state index contributed by atoms with van der Waals surface area (Å²) in [6.45, 7) is 3.67. The van der Waals surface area contributed by atoms with Crippen molar-refractivity contribution in [2.75, 3.05) is 47.0 Å². The summed E-state index contributed by atoms with van der Waals surface area (Å²) in [5.41, 5.74) is 0. The van der Waals surface area contributed by atoms with Crippen molar-refractivity contribution in [3.8, 4) is 0 Å². The maximum absolute atomic E-state index is 12.0. The molecular formula is C19H42NO6P. The van der Waals surface area contributed by atoms with E-state index < -0.39 is 13.9 Å². The summed E-state index contributed by atoms with van der Waals surface area (Å²) in [4.78, 5) is 17.4. The van der Waals surface area contributed by atoms with Crippen molar-refractivity contribution >= 4 is 7.82 Å². The van der Waals surface area contributed by atoms with Crippen molar-refractivity contribution in [3.05, 3.63) is 0 Å². The van der Waals surface area contributed by atoms with E-state index in [0.717, 1.165) is 12.8 Å². The lowest BCUT2D eigenvalue weighted by Crippen LogP contribution is -2.52. The van der Waals surface area contributed by atoms with E-state index in [2.05, 4.69) is 11.4 Å². The lowest BCUT2D eigenvalue weighted by atomic mass is 10.1. The van der Waals surface area contributed by atoms with E-state index in [1.165, 1.54) is 51.4 Å². The quantitative estimate of drug-likeness (QED) is 0.193. The monoisotopic (exact) mass is 411 g/mol. The van der Waals surface area contributed by atoms with Gasteiger partial charge >= 0.3 is 7.82 Å². The number of nitrogens with zero attached hydrogens (tertiary/aromatic N) is 1. The molecule has 0 aromatic heterocycles. The Bertz CT molecular complexity index is 388. The van der Waals surface area contributed by atoms with Gasteiger partial charge in [-0.2, -0.15) is 0 Å². The topological polar surface area (TPSA) is 99.0 Å². The largest absolute Gasteiger partial charge is 0.846 e. The van der Waals surface area contributed by atoms with Crippen molar-refractivity contribution in [1.29, 1.82) is 0 Å². The molecule has 0 heterocycles. The second-order valence-electron chi connectivity index (χ2n) is 8.04. The lowest BCUT2D eigenvalue weighted by molar-refractivity contribution is -0.899. The van der Waals surface area contributed by atoms with E-state index in [4.69, 9.17) is 14.5 Å². The van der Waals surface area contributed by atoms with E-state index >= 15 is 0 Å². The van der Waals surface area contributed by atoms with Gasteiger partial charge in [-0.05, 0) is 6.42 Å². The minimum atomic E-state index is -4.44. The van der Waals surface area contributed by atoms with Crippen LogP contribution in [0.1, 0.15) is 71.1 Å². The standard InChI is InChI=1S/C19H42NO6P/c1-4-5-6-7-8-9-10-11-12-13-15-25-18-19(21)17-20(2,3)14-16-26-27(22,23)24/h19H,4-18H2,1-3H3,(H2,22,23,24). The van der Waals surface area contributed by atoms with E-state index in [1.54, 1.807) is 0 Å². The molecule has 1 unspecified atom stereocenters. The van der Waals surface area contributed by atoms with Crippen LogP contribution in [0.3, 0.4) is 0 Å². The molecule has 7 nitrogen and oxygen atoms in total. The Hall–Kier alpha value is -0.0100. The summed E-state index contributed by atoms with van der Waals surface area (Å²) >= 11 is 0. The van der Waals surface area contributed by atoms with Crippen molar-refractivity contribution in [2.45, 2.75) is 77.2 Å². The molecule has 0 spiro atoms. The van der Waals surface area contributed by atoms with Gasteiger partial charge in [0, 0.05) is 13.2 Å². The Balaban J connectivity index is 3.52. The number of hydrogen-bond donors (Lipinski definition) is 2. The number of unbranched alkanes of at least 4 members (excludes halogenated alkanes) is 9. The van der Waals surface area contributed by atoms with Crippen LogP contribution in [0.15, 0.2) is 0 Å². The van der Waals surface area contributed by atoms with Crippen molar-refractivity contribution in [1.82, 2.24) is 0 Å². The van der Waals surface area contributed by atoms with Crippen LogP contribution >= 0.6 is 7.82 Å². The van der Waals surface area contributed by atoms with Crippen LogP contribution in [0, 0.1) is 0 Å². The fraction of sp³-hybridized carbons (Fsp3) is 1.00. The zero-order chi connectivity index (χ0) is 20.6. The smallest absolute Gasteiger partial charge is 0.469 e. The first-order valence-electron chi connectivity index (χ1n) is 10.4. The molecule has 0 rings (SSSR count). The minimum absolute atomic E-state index is 0.0799. The molecule has 0 aliphatic heterocycles. The SMILES string of the molecule is CCCCCCCCCCCCOCC([O-])C[N+](C)(C)CCOP(=O)(O)O. The maximum atomic E-state index is 12.0. The Morgan fingerprint density at radius 3 is 1.96 bits per heavy atom. The highest BCUT2D eigenvalue weighted by molar-refractivity contribution is 7.46. The fourth-order valence-electron chi connectivity index (χ4n) is 3.01. The number of likely N-dealkylation sites (N-methyl/N-ethyl adjacent to an activating group) is 1. The van der Waals surface area contributed by atoms with Crippen LogP contribution in [-0.4, -0.2) is 67.4 Å². The Morgan fingerprint density at radius 1 is 0.926 bits per heavy atom. The van der Waals surface area contributed by atoms with Gasteiger partial charge in [0.05, 0.1) is 20.6 Å². The van der Waals surface area contributed by atoms with E-state index in [0.29, 0.717) is 24.2 Å². The summed E-state index contributed by atoms with van der Waals surface area (Å²) in [5, 5.41) is 12.0. The molecule has 1 atom stereocenters. The third kappa shape index (κ3) is 20.5. The van der Waals surface area contributed by atoms with Gasteiger partial charge in [0.1, 0.15) is 13.2 Å². The van der Waals surface area contributed by atoms with Gasteiger partial charge in [-0.15, -0.1) is 0 Å². The van der Waals surface area contributed by atoms with Gasteiger partial charge in [-0.25, -0.2) is 4.57 Å². The number of ether oxygens (including phenoxy) is 1. The van der Waals surface area contributed by atoms with Gasteiger partial charge in [0.15, 0.2) is 0 Å². The average molecular weight is 412 g/mol. The average Bonchev–Trinajstić information content (AvgIpc) is 2.54. The van der Waals surface area contributed by atoms with Gasteiger partial charge in [0.25, 0.3) is 0 Å². The Kier molecular flexibility index (Phi) is 15.9. The van der Waals surface area contributed by atoms with Crippen LogP contribution < -0.4 is 5.11 Å².